The van der Waals surface area contributed by atoms with Crippen molar-refractivity contribution in [2.45, 2.75) is 0 Å². The number of nitrogens with two attached hydrogens (primary N) is 1. The van der Waals surface area contributed by atoms with Crippen LogP contribution < -0.4 is 5.73 Å². The minimum atomic E-state index is -0.272. The fourth-order valence-corrected chi connectivity index (χ4v) is 1.79. The Hall–Kier alpha value is -1.17. The molecule has 2 aromatic rings. The van der Waals surface area contributed by atoms with Crippen LogP contribution >= 0.6 is 22.6 Å². The molecule has 0 fully saturated rings. The number of rotatable bonds is 1. The summed E-state index contributed by atoms with van der Waals surface area (Å²) in [7, 11) is 0. The lowest BCUT2D eigenvalue weighted by molar-refractivity contribution is 0.628. The molecule has 0 aliphatic heterocycles. The van der Waals surface area contributed by atoms with E-state index in [4.69, 9.17) is 5.73 Å². The number of hydrogen-bond acceptors (Lipinski definition) is 2. The van der Waals surface area contributed by atoms with Crippen molar-refractivity contribution in [2.75, 3.05) is 5.73 Å². The van der Waals surface area contributed by atoms with Crippen molar-refractivity contribution in [3.8, 4) is 11.1 Å². The minimum Gasteiger partial charge on any atom is -0.383 e. The molecule has 0 atom stereocenters. The van der Waals surface area contributed by atoms with Crippen molar-refractivity contribution in [1.29, 1.82) is 0 Å². The van der Waals surface area contributed by atoms with Gasteiger partial charge in [-0.2, -0.15) is 0 Å². The van der Waals surface area contributed by atoms with E-state index in [2.05, 4.69) is 27.6 Å². The van der Waals surface area contributed by atoms with E-state index < -0.39 is 0 Å². The Morgan fingerprint density at radius 1 is 1.27 bits per heavy atom. The summed E-state index contributed by atoms with van der Waals surface area (Å²) in [6, 6.07) is 8.21. The third-order valence-electron chi connectivity index (χ3n) is 2.02. The smallest absolute Gasteiger partial charge is 0.131 e. The molecule has 0 saturated heterocycles. The van der Waals surface area contributed by atoms with Crippen molar-refractivity contribution in [3.05, 3.63) is 45.9 Å². The first kappa shape index (κ1) is 10.4. The van der Waals surface area contributed by atoms with Gasteiger partial charge in [0.25, 0.3) is 0 Å². The van der Waals surface area contributed by atoms with Crippen LogP contribution in [0.2, 0.25) is 0 Å². The monoisotopic (exact) mass is 314 g/mol. The summed E-state index contributed by atoms with van der Waals surface area (Å²) in [5, 5.41) is 0. The van der Waals surface area contributed by atoms with Crippen molar-refractivity contribution in [1.82, 2.24) is 4.98 Å². The Morgan fingerprint density at radius 2 is 2.07 bits per heavy atom. The molecule has 2 rings (SSSR count). The van der Waals surface area contributed by atoms with Gasteiger partial charge in [-0.1, -0.05) is 12.1 Å². The second-order valence-corrected chi connectivity index (χ2v) is 4.34. The number of aromatic nitrogens is 1. The van der Waals surface area contributed by atoms with E-state index in [0.29, 0.717) is 5.82 Å². The summed E-state index contributed by atoms with van der Waals surface area (Å²) < 4.78 is 14.0. The minimum absolute atomic E-state index is 0.272. The topological polar surface area (TPSA) is 38.9 Å². The Balaban J connectivity index is 2.58. The van der Waals surface area contributed by atoms with Crippen LogP contribution in [-0.4, -0.2) is 4.98 Å². The molecular formula is C11H8FIN2. The van der Waals surface area contributed by atoms with Gasteiger partial charge in [-0.15, -0.1) is 0 Å². The van der Waals surface area contributed by atoms with Gasteiger partial charge in [-0.3, -0.25) is 0 Å². The number of anilines is 1. The largest absolute Gasteiger partial charge is 0.383 e. The highest BCUT2D eigenvalue weighted by molar-refractivity contribution is 14.1. The molecule has 0 spiro atoms. The molecule has 1 heterocycles. The van der Waals surface area contributed by atoms with Gasteiger partial charge in [0, 0.05) is 15.3 Å². The SMILES string of the molecule is Nc1ncc(I)cc1-c1cccc(F)c1. The molecule has 2 N–H and O–H groups in total. The predicted molar refractivity (Wildman–Crippen MR) is 66.8 cm³/mol. The van der Waals surface area contributed by atoms with Gasteiger partial charge in [0.15, 0.2) is 0 Å². The number of hydrogen-bond donors (Lipinski definition) is 1. The second kappa shape index (κ2) is 4.14. The molecule has 1 aromatic carbocycles. The fourth-order valence-electron chi connectivity index (χ4n) is 1.34. The zero-order valence-corrected chi connectivity index (χ0v) is 9.90. The highest BCUT2D eigenvalue weighted by atomic mass is 127. The van der Waals surface area contributed by atoms with Gasteiger partial charge in [-0.25, -0.2) is 9.37 Å². The first-order valence-corrected chi connectivity index (χ1v) is 5.41. The van der Waals surface area contributed by atoms with Gasteiger partial charge < -0.3 is 5.73 Å². The lowest BCUT2D eigenvalue weighted by Crippen LogP contribution is -1.94. The van der Waals surface area contributed by atoms with Crippen molar-refractivity contribution in [3.63, 3.8) is 0 Å². The van der Waals surface area contributed by atoms with Crippen LogP contribution in [0.5, 0.6) is 0 Å². The van der Waals surface area contributed by atoms with Crippen LogP contribution in [0.3, 0.4) is 0 Å². The summed E-state index contributed by atoms with van der Waals surface area (Å²) in [6.45, 7) is 0. The van der Waals surface area contributed by atoms with Crippen LogP contribution in [-0.2, 0) is 0 Å². The Labute approximate surface area is 100 Å². The molecular weight excluding hydrogens is 306 g/mol. The lowest BCUT2D eigenvalue weighted by Gasteiger charge is -2.05. The number of pyridine rings is 1. The van der Waals surface area contributed by atoms with Crippen LogP contribution in [0.1, 0.15) is 0 Å². The third-order valence-corrected chi connectivity index (χ3v) is 2.61. The van der Waals surface area contributed by atoms with Crippen LogP contribution in [0.15, 0.2) is 36.5 Å². The molecule has 0 unspecified atom stereocenters. The van der Waals surface area contributed by atoms with E-state index in [1.165, 1.54) is 12.1 Å². The number of nitrogens with zero attached hydrogens (tertiary/aromatic N) is 1. The van der Waals surface area contributed by atoms with E-state index in [1.807, 2.05) is 12.1 Å². The molecule has 4 heteroatoms. The molecule has 2 nitrogen and oxygen atoms in total. The maximum atomic E-state index is 13.0. The second-order valence-electron chi connectivity index (χ2n) is 3.10. The predicted octanol–water partition coefficient (Wildman–Crippen LogP) is 3.07. The van der Waals surface area contributed by atoms with Gasteiger partial charge in [0.1, 0.15) is 11.6 Å². The van der Waals surface area contributed by atoms with Gasteiger partial charge >= 0.3 is 0 Å². The van der Waals surface area contributed by atoms with Crippen LogP contribution in [0.4, 0.5) is 10.2 Å². The fraction of sp³-hybridized carbons (Fsp3) is 0. The first-order valence-electron chi connectivity index (χ1n) is 4.34. The summed E-state index contributed by atoms with van der Waals surface area (Å²) in [5.41, 5.74) is 7.25. The first-order chi connectivity index (χ1) is 7.16. The molecule has 0 amide bonds. The summed E-state index contributed by atoms with van der Waals surface area (Å²) in [4.78, 5) is 4.03. The van der Waals surface area contributed by atoms with Crippen molar-refractivity contribution < 1.29 is 4.39 Å². The molecule has 0 saturated carbocycles. The molecule has 76 valence electrons. The number of benzene rings is 1. The zero-order valence-electron chi connectivity index (χ0n) is 7.74. The normalized spacial score (nSPS) is 10.3. The lowest BCUT2D eigenvalue weighted by atomic mass is 10.1. The van der Waals surface area contributed by atoms with E-state index in [1.54, 1.807) is 12.3 Å². The average molecular weight is 314 g/mol. The van der Waals surface area contributed by atoms with Gasteiger partial charge in [-0.05, 0) is 46.4 Å². The van der Waals surface area contributed by atoms with E-state index in [0.717, 1.165) is 14.7 Å². The standard InChI is InChI=1S/C11H8FIN2/c12-8-3-1-2-7(4-8)10-5-9(13)6-15-11(10)14/h1-6H,(H2,14,15). The molecule has 0 aliphatic rings. The average Bonchev–Trinajstić information content (AvgIpc) is 2.22. The molecule has 0 bridgehead atoms. The number of nitrogen functional groups attached to an aromatic ring is 1. The van der Waals surface area contributed by atoms with Gasteiger partial charge in [0.05, 0.1) is 0 Å². The molecule has 0 aliphatic carbocycles. The molecule has 0 radical (unpaired) electrons. The zero-order chi connectivity index (χ0) is 10.8. The number of halogens is 2. The Bertz CT molecular complexity index is 500. The molecule has 15 heavy (non-hydrogen) atoms. The quantitative estimate of drug-likeness (QED) is 0.822. The van der Waals surface area contributed by atoms with Crippen molar-refractivity contribution >= 4 is 28.4 Å². The summed E-state index contributed by atoms with van der Waals surface area (Å²) in [5.74, 6) is 0.145. The summed E-state index contributed by atoms with van der Waals surface area (Å²) in [6.07, 6.45) is 1.68. The van der Waals surface area contributed by atoms with Crippen LogP contribution in [0, 0.1) is 9.39 Å². The van der Waals surface area contributed by atoms with Gasteiger partial charge in [0.2, 0.25) is 0 Å². The Kier molecular flexibility index (Phi) is 2.86. The highest BCUT2D eigenvalue weighted by Crippen LogP contribution is 2.26. The maximum absolute atomic E-state index is 13.0. The Morgan fingerprint density at radius 3 is 2.80 bits per heavy atom. The van der Waals surface area contributed by atoms with Crippen LogP contribution in [0.25, 0.3) is 11.1 Å². The molecule has 1 aromatic heterocycles. The highest BCUT2D eigenvalue weighted by Gasteiger charge is 2.05. The third kappa shape index (κ3) is 2.26. The van der Waals surface area contributed by atoms with E-state index in [-0.39, 0.29) is 5.82 Å². The summed E-state index contributed by atoms with van der Waals surface area (Å²) >= 11 is 2.15. The van der Waals surface area contributed by atoms with Crippen molar-refractivity contribution in [2.24, 2.45) is 0 Å². The maximum Gasteiger partial charge on any atom is 0.131 e. The van der Waals surface area contributed by atoms with E-state index >= 15 is 0 Å². The van der Waals surface area contributed by atoms with E-state index in [9.17, 15) is 4.39 Å².